The van der Waals surface area contributed by atoms with Crippen LogP contribution in [0.2, 0.25) is 0 Å². The predicted molar refractivity (Wildman–Crippen MR) is 103 cm³/mol. The Morgan fingerprint density at radius 3 is 2.63 bits per heavy atom. The Bertz CT molecular complexity index is 891. The average molecular weight is 367 g/mol. The second-order valence-electron chi connectivity index (χ2n) is 6.68. The molecule has 0 saturated heterocycles. The Balaban J connectivity index is 1.45. The van der Waals surface area contributed by atoms with Gasteiger partial charge in [-0.2, -0.15) is 5.10 Å². The number of carbonyl (C=O) groups excluding carboxylic acids is 1. The van der Waals surface area contributed by atoms with Crippen LogP contribution >= 0.6 is 0 Å². The van der Waals surface area contributed by atoms with Gasteiger partial charge in [-0.15, -0.1) is 0 Å². The van der Waals surface area contributed by atoms with E-state index < -0.39 is 0 Å². The molecule has 27 heavy (non-hydrogen) atoms. The lowest BCUT2D eigenvalue weighted by molar-refractivity contribution is 0.0921. The fraction of sp³-hybridized carbons (Fsp3) is 0.333. The number of carbonyl (C=O) groups is 1. The van der Waals surface area contributed by atoms with E-state index in [0.29, 0.717) is 18.1 Å². The molecule has 0 unspecified atom stereocenters. The first-order chi connectivity index (χ1) is 13.0. The van der Waals surface area contributed by atoms with Crippen molar-refractivity contribution in [1.29, 1.82) is 0 Å². The molecule has 0 bridgehead atoms. The van der Waals surface area contributed by atoms with Crippen LogP contribution in [0.4, 0.5) is 0 Å². The summed E-state index contributed by atoms with van der Waals surface area (Å²) in [7, 11) is 0. The van der Waals surface area contributed by atoms with Crippen LogP contribution in [0.25, 0.3) is 0 Å². The minimum absolute atomic E-state index is 0.218. The molecule has 3 aromatic rings. The number of amides is 1. The monoisotopic (exact) mass is 367 g/mol. The fourth-order valence-corrected chi connectivity index (χ4v) is 2.90. The van der Waals surface area contributed by atoms with Gasteiger partial charge in [-0.3, -0.25) is 9.48 Å². The molecule has 1 N–H and O–H groups in total. The number of hydrogen-bond acceptors (Lipinski definition) is 4. The minimum atomic E-state index is -0.218. The zero-order valence-electron chi connectivity index (χ0n) is 16.0. The molecular formula is C21H25N3O3. The summed E-state index contributed by atoms with van der Waals surface area (Å²) < 4.78 is 13.3. The van der Waals surface area contributed by atoms with Gasteiger partial charge in [0.1, 0.15) is 18.1 Å². The first-order valence-corrected chi connectivity index (χ1v) is 9.08. The third-order valence-electron chi connectivity index (χ3n) is 4.22. The van der Waals surface area contributed by atoms with Gasteiger partial charge in [0.15, 0.2) is 5.76 Å². The summed E-state index contributed by atoms with van der Waals surface area (Å²) in [6, 6.07) is 11.5. The Morgan fingerprint density at radius 2 is 1.93 bits per heavy atom. The summed E-state index contributed by atoms with van der Waals surface area (Å²) in [6.07, 6.45) is 2.58. The molecule has 0 aliphatic carbocycles. The Kier molecular flexibility index (Phi) is 5.96. The summed E-state index contributed by atoms with van der Waals surface area (Å²) >= 11 is 0. The first kappa shape index (κ1) is 18.8. The van der Waals surface area contributed by atoms with E-state index in [0.717, 1.165) is 35.5 Å². The number of hydrogen-bond donors (Lipinski definition) is 1. The topological polar surface area (TPSA) is 69.3 Å². The first-order valence-electron chi connectivity index (χ1n) is 9.08. The summed E-state index contributed by atoms with van der Waals surface area (Å²) in [5.41, 5.74) is 3.41. The van der Waals surface area contributed by atoms with Crippen molar-refractivity contribution in [3.05, 3.63) is 70.9 Å². The zero-order valence-corrected chi connectivity index (χ0v) is 16.0. The number of nitrogens with one attached hydrogen (secondary N) is 1. The molecule has 6 heteroatoms. The van der Waals surface area contributed by atoms with Crippen LogP contribution in [-0.4, -0.2) is 22.2 Å². The summed E-state index contributed by atoms with van der Waals surface area (Å²) in [6.45, 7) is 7.69. The number of benzene rings is 1. The third kappa shape index (κ3) is 5.23. The maximum atomic E-state index is 12.2. The molecule has 3 rings (SSSR count). The van der Waals surface area contributed by atoms with Gasteiger partial charge in [0.05, 0.1) is 0 Å². The summed E-state index contributed by atoms with van der Waals surface area (Å²) in [5.74, 6) is 1.49. The highest BCUT2D eigenvalue weighted by Crippen LogP contribution is 2.18. The van der Waals surface area contributed by atoms with Gasteiger partial charge in [-0.1, -0.05) is 6.07 Å². The van der Waals surface area contributed by atoms with Crippen molar-refractivity contribution >= 4 is 5.91 Å². The van der Waals surface area contributed by atoms with Gasteiger partial charge >= 0.3 is 0 Å². The van der Waals surface area contributed by atoms with Crippen molar-refractivity contribution in [1.82, 2.24) is 15.1 Å². The molecule has 0 aliphatic rings. The molecule has 1 amide bonds. The number of aromatic nitrogens is 2. The molecule has 0 aliphatic heterocycles. The van der Waals surface area contributed by atoms with E-state index in [4.69, 9.17) is 9.15 Å². The zero-order chi connectivity index (χ0) is 19.2. The van der Waals surface area contributed by atoms with Gasteiger partial charge in [0, 0.05) is 25.0 Å². The SMILES string of the molecule is Cc1cc(C)cc(OCc2ccc(C(=O)NCCCn3nccc3C)o2)c1. The van der Waals surface area contributed by atoms with E-state index in [1.54, 1.807) is 18.3 Å². The molecule has 1 aromatic carbocycles. The number of nitrogens with zero attached hydrogens (tertiary/aromatic N) is 2. The van der Waals surface area contributed by atoms with Crippen LogP contribution in [0, 0.1) is 20.8 Å². The van der Waals surface area contributed by atoms with Crippen LogP contribution in [-0.2, 0) is 13.2 Å². The normalized spacial score (nSPS) is 10.8. The van der Waals surface area contributed by atoms with Crippen molar-refractivity contribution < 1.29 is 13.9 Å². The van der Waals surface area contributed by atoms with Gasteiger partial charge in [0.2, 0.25) is 0 Å². The van der Waals surface area contributed by atoms with E-state index in [2.05, 4.69) is 16.5 Å². The van der Waals surface area contributed by atoms with Gasteiger partial charge in [-0.05, 0) is 68.7 Å². The smallest absolute Gasteiger partial charge is 0.286 e. The van der Waals surface area contributed by atoms with E-state index in [-0.39, 0.29) is 12.5 Å². The molecule has 0 saturated carbocycles. The molecule has 0 spiro atoms. The predicted octanol–water partition coefficient (Wildman–Crippen LogP) is 3.80. The Hall–Kier alpha value is -3.02. The third-order valence-corrected chi connectivity index (χ3v) is 4.22. The lowest BCUT2D eigenvalue weighted by Crippen LogP contribution is -2.25. The van der Waals surface area contributed by atoms with Gasteiger partial charge in [-0.25, -0.2) is 0 Å². The van der Waals surface area contributed by atoms with E-state index >= 15 is 0 Å². The minimum Gasteiger partial charge on any atom is -0.486 e. The highest BCUT2D eigenvalue weighted by molar-refractivity contribution is 5.91. The average Bonchev–Trinajstić information content (AvgIpc) is 3.25. The van der Waals surface area contributed by atoms with Gasteiger partial charge in [0.25, 0.3) is 5.91 Å². The standard InChI is InChI=1S/C21H25N3O3/c1-15-11-16(2)13-19(12-15)26-14-18-5-6-20(27-18)21(25)22-8-4-10-24-17(3)7-9-23-24/h5-7,9,11-13H,4,8,10,14H2,1-3H3,(H,22,25). The molecule has 2 heterocycles. The Labute approximate surface area is 159 Å². The summed E-state index contributed by atoms with van der Waals surface area (Å²) in [4.78, 5) is 12.2. The van der Waals surface area contributed by atoms with Crippen LogP contribution < -0.4 is 10.1 Å². The molecular weight excluding hydrogens is 342 g/mol. The van der Waals surface area contributed by atoms with Crippen molar-refractivity contribution in [3.8, 4) is 5.75 Å². The maximum absolute atomic E-state index is 12.2. The largest absolute Gasteiger partial charge is 0.486 e. The number of rotatable bonds is 8. The van der Waals surface area contributed by atoms with Gasteiger partial charge < -0.3 is 14.5 Å². The van der Waals surface area contributed by atoms with E-state index in [9.17, 15) is 4.79 Å². The molecule has 2 aromatic heterocycles. The lowest BCUT2D eigenvalue weighted by atomic mass is 10.1. The maximum Gasteiger partial charge on any atom is 0.286 e. The molecule has 142 valence electrons. The van der Waals surface area contributed by atoms with E-state index in [1.807, 2.05) is 43.7 Å². The van der Waals surface area contributed by atoms with Crippen LogP contribution in [0.5, 0.6) is 5.75 Å². The fourth-order valence-electron chi connectivity index (χ4n) is 2.90. The van der Waals surface area contributed by atoms with Crippen LogP contribution in [0.3, 0.4) is 0 Å². The second-order valence-corrected chi connectivity index (χ2v) is 6.68. The quantitative estimate of drug-likeness (QED) is 0.615. The van der Waals surface area contributed by atoms with E-state index in [1.165, 1.54) is 0 Å². The van der Waals surface area contributed by atoms with Crippen LogP contribution in [0.1, 0.15) is 39.6 Å². The molecule has 6 nitrogen and oxygen atoms in total. The Morgan fingerprint density at radius 1 is 1.15 bits per heavy atom. The molecule has 0 fully saturated rings. The molecule has 0 radical (unpaired) electrons. The van der Waals surface area contributed by atoms with Crippen molar-refractivity contribution in [2.24, 2.45) is 0 Å². The number of furan rings is 1. The molecule has 0 atom stereocenters. The number of ether oxygens (including phenoxy) is 1. The second kappa shape index (κ2) is 8.58. The van der Waals surface area contributed by atoms with Crippen molar-refractivity contribution in [3.63, 3.8) is 0 Å². The van der Waals surface area contributed by atoms with Crippen LogP contribution in [0.15, 0.2) is 47.0 Å². The lowest BCUT2D eigenvalue weighted by Gasteiger charge is -2.07. The highest BCUT2D eigenvalue weighted by atomic mass is 16.5. The van der Waals surface area contributed by atoms with Crippen molar-refractivity contribution in [2.45, 2.75) is 40.3 Å². The summed E-state index contributed by atoms with van der Waals surface area (Å²) in [5, 5.41) is 7.09. The highest BCUT2D eigenvalue weighted by Gasteiger charge is 2.11. The van der Waals surface area contributed by atoms with Crippen molar-refractivity contribution in [2.75, 3.05) is 6.54 Å². The number of aryl methyl sites for hydroxylation is 4.